The molecule has 7 heteroatoms. The zero-order valence-electron chi connectivity index (χ0n) is 14.2. The Morgan fingerprint density at radius 2 is 1.85 bits per heavy atom. The maximum Gasteiger partial charge on any atom is 0.317 e. The van der Waals surface area contributed by atoms with Crippen molar-refractivity contribution in [3.05, 3.63) is 64.7 Å². The summed E-state index contributed by atoms with van der Waals surface area (Å²) in [5.41, 5.74) is 1.43. The SMILES string of the molecule is O=C(NCCc1cccc(Cl)c1)N1CCN(c2ccc(F)cc2F)CC1. The van der Waals surface area contributed by atoms with Crippen LogP contribution in [0.1, 0.15) is 5.56 Å². The molecule has 2 aromatic carbocycles. The molecule has 1 fully saturated rings. The van der Waals surface area contributed by atoms with Crippen LogP contribution >= 0.6 is 11.6 Å². The molecule has 0 atom stereocenters. The number of carbonyl (C=O) groups is 1. The third kappa shape index (κ3) is 4.64. The van der Waals surface area contributed by atoms with Gasteiger partial charge in [0.15, 0.2) is 0 Å². The predicted molar refractivity (Wildman–Crippen MR) is 98.7 cm³/mol. The second-order valence-corrected chi connectivity index (χ2v) is 6.62. The fourth-order valence-corrected chi connectivity index (χ4v) is 3.22. The molecule has 0 radical (unpaired) electrons. The van der Waals surface area contributed by atoms with Gasteiger partial charge >= 0.3 is 6.03 Å². The molecule has 138 valence electrons. The fourth-order valence-electron chi connectivity index (χ4n) is 3.01. The van der Waals surface area contributed by atoms with Crippen molar-refractivity contribution in [2.24, 2.45) is 0 Å². The van der Waals surface area contributed by atoms with Crippen molar-refractivity contribution in [2.45, 2.75) is 6.42 Å². The number of halogens is 3. The molecule has 1 aliphatic rings. The molecular weight excluding hydrogens is 360 g/mol. The molecule has 0 aliphatic carbocycles. The number of benzene rings is 2. The van der Waals surface area contributed by atoms with Crippen LogP contribution in [0.2, 0.25) is 5.02 Å². The van der Waals surface area contributed by atoms with Crippen LogP contribution in [-0.4, -0.2) is 43.7 Å². The quantitative estimate of drug-likeness (QED) is 0.879. The summed E-state index contributed by atoms with van der Waals surface area (Å²) in [7, 11) is 0. The van der Waals surface area contributed by atoms with Gasteiger partial charge in [0.25, 0.3) is 0 Å². The first-order valence-electron chi connectivity index (χ1n) is 8.50. The molecule has 0 saturated carbocycles. The van der Waals surface area contributed by atoms with Crippen molar-refractivity contribution in [2.75, 3.05) is 37.6 Å². The first-order valence-corrected chi connectivity index (χ1v) is 8.88. The maximum atomic E-state index is 13.9. The summed E-state index contributed by atoms with van der Waals surface area (Å²) in [4.78, 5) is 15.8. The predicted octanol–water partition coefficient (Wildman–Crippen LogP) is 3.69. The standard InChI is InChI=1S/C19H20ClF2N3O/c20-15-3-1-2-14(12-15)6-7-23-19(26)25-10-8-24(9-11-25)18-5-4-16(21)13-17(18)22/h1-5,12-13H,6-11H2,(H,23,26). The van der Waals surface area contributed by atoms with E-state index >= 15 is 0 Å². The van der Waals surface area contributed by atoms with Crippen molar-refractivity contribution in [1.29, 1.82) is 0 Å². The average molecular weight is 380 g/mol. The molecule has 0 bridgehead atoms. The number of amides is 2. The number of hydrogen-bond donors (Lipinski definition) is 1. The molecule has 26 heavy (non-hydrogen) atoms. The van der Waals surface area contributed by atoms with Crippen molar-refractivity contribution in [3.8, 4) is 0 Å². The van der Waals surface area contributed by atoms with E-state index in [-0.39, 0.29) is 6.03 Å². The number of urea groups is 1. The van der Waals surface area contributed by atoms with Crippen molar-refractivity contribution < 1.29 is 13.6 Å². The highest BCUT2D eigenvalue weighted by atomic mass is 35.5. The number of nitrogens with one attached hydrogen (secondary N) is 1. The lowest BCUT2D eigenvalue weighted by molar-refractivity contribution is 0.194. The van der Waals surface area contributed by atoms with E-state index in [1.807, 2.05) is 29.2 Å². The number of carbonyl (C=O) groups excluding carboxylic acids is 1. The van der Waals surface area contributed by atoms with E-state index < -0.39 is 11.6 Å². The molecule has 3 rings (SSSR count). The van der Waals surface area contributed by atoms with Gasteiger partial charge in [-0.15, -0.1) is 0 Å². The first-order chi connectivity index (χ1) is 12.5. The van der Waals surface area contributed by atoms with Crippen LogP contribution in [0.4, 0.5) is 19.3 Å². The number of nitrogens with zero attached hydrogens (tertiary/aromatic N) is 2. The Morgan fingerprint density at radius 3 is 2.54 bits per heavy atom. The Bertz CT molecular complexity index is 779. The largest absolute Gasteiger partial charge is 0.366 e. The summed E-state index contributed by atoms with van der Waals surface area (Å²) in [6, 6.07) is 11.0. The molecule has 2 amide bonds. The molecule has 2 aromatic rings. The lowest BCUT2D eigenvalue weighted by Gasteiger charge is -2.36. The van der Waals surface area contributed by atoms with E-state index in [1.54, 1.807) is 4.90 Å². The van der Waals surface area contributed by atoms with Crippen LogP contribution in [0.15, 0.2) is 42.5 Å². The lowest BCUT2D eigenvalue weighted by Crippen LogP contribution is -2.52. The Kier molecular flexibility index (Phi) is 5.93. The van der Waals surface area contributed by atoms with Gasteiger partial charge < -0.3 is 15.1 Å². The van der Waals surface area contributed by atoms with Gasteiger partial charge in [-0.3, -0.25) is 0 Å². The number of hydrogen-bond acceptors (Lipinski definition) is 2. The van der Waals surface area contributed by atoms with Gasteiger partial charge in [-0.2, -0.15) is 0 Å². The monoisotopic (exact) mass is 379 g/mol. The minimum Gasteiger partial charge on any atom is -0.366 e. The minimum atomic E-state index is -0.594. The second kappa shape index (κ2) is 8.36. The van der Waals surface area contributed by atoms with Crippen LogP contribution in [0.3, 0.4) is 0 Å². The van der Waals surface area contributed by atoms with Crippen LogP contribution < -0.4 is 10.2 Å². The van der Waals surface area contributed by atoms with Gasteiger partial charge in [0.05, 0.1) is 5.69 Å². The van der Waals surface area contributed by atoms with Gasteiger partial charge in [-0.1, -0.05) is 23.7 Å². The van der Waals surface area contributed by atoms with E-state index in [0.29, 0.717) is 49.9 Å². The zero-order chi connectivity index (χ0) is 18.5. The Morgan fingerprint density at radius 1 is 1.08 bits per heavy atom. The van der Waals surface area contributed by atoms with Crippen LogP contribution in [0.25, 0.3) is 0 Å². The topological polar surface area (TPSA) is 35.6 Å². The maximum absolute atomic E-state index is 13.9. The van der Waals surface area contributed by atoms with Crippen LogP contribution in [0.5, 0.6) is 0 Å². The normalized spacial score (nSPS) is 14.4. The summed E-state index contributed by atoms with van der Waals surface area (Å²) in [5, 5.41) is 3.57. The average Bonchev–Trinajstić information content (AvgIpc) is 2.62. The van der Waals surface area contributed by atoms with Gasteiger partial charge in [0, 0.05) is 43.8 Å². The molecule has 1 heterocycles. The van der Waals surface area contributed by atoms with Gasteiger partial charge in [0.2, 0.25) is 0 Å². The van der Waals surface area contributed by atoms with Crippen LogP contribution in [-0.2, 0) is 6.42 Å². The summed E-state index contributed by atoms with van der Waals surface area (Å²) in [6.45, 7) is 2.50. The molecule has 1 N–H and O–H groups in total. The molecule has 1 aliphatic heterocycles. The molecule has 1 saturated heterocycles. The van der Waals surface area contributed by atoms with E-state index in [9.17, 15) is 13.6 Å². The summed E-state index contributed by atoms with van der Waals surface area (Å²) >= 11 is 5.94. The number of anilines is 1. The van der Waals surface area contributed by atoms with E-state index in [0.717, 1.165) is 11.6 Å². The Balaban J connectivity index is 1.46. The number of rotatable bonds is 4. The zero-order valence-corrected chi connectivity index (χ0v) is 15.0. The Hall–Kier alpha value is -2.34. The summed E-state index contributed by atoms with van der Waals surface area (Å²) < 4.78 is 26.9. The van der Waals surface area contributed by atoms with Crippen LogP contribution in [0, 0.1) is 11.6 Å². The molecular formula is C19H20ClF2N3O. The molecule has 0 unspecified atom stereocenters. The van der Waals surface area contributed by atoms with Gasteiger partial charge in [0.1, 0.15) is 11.6 Å². The lowest BCUT2D eigenvalue weighted by atomic mass is 10.1. The minimum absolute atomic E-state index is 0.133. The van der Waals surface area contributed by atoms with Crippen molar-refractivity contribution in [1.82, 2.24) is 10.2 Å². The van der Waals surface area contributed by atoms with E-state index in [2.05, 4.69) is 5.32 Å². The smallest absolute Gasteiger partial charge is 0.317 e. The third-order valence-corrected chi connectivity index (χ3v) is 4.63. The summed E-state index contributed by atoms with van der Waals surface area (Å²) in [5.74, 6) is -1.17. The highest BCUT2D eigenvalue weighted by Gasteiger charge is 2.22. The van der Waals surface area contributed by atoms with E-state index in [4.69, 9.17) is 11.6 Å². The third-order valence-electron chi connectivity index (χ3n) is 4.40. The second-order valence-electron chi connectivity index (χ2n) is 6.18. The highest BCUT2D eigenvalue weighted by Crippen LogP contribution is 2.21. The first kappa shape index (κ1) is 18.5. The Labute approximate surface area is 156 Å². The molecule has 0 spiro atoms. The van der Waals surface area contributed by atoms with E-state index in [1.165, 1.54) is 12.1 Å². The van der Waals surface area contributed by atoms with Crippen molar-refractivity contribution in [3.63, 3.8) is 0 Å². The fraction of sp³-hybridized carbons (Fsp3) is 0.316. The number of piperazine rings is 1. The summed E-state index contributed by atoms with van der Waals surface area (Å²) in [6.07, 6.45) is 0.701. The van der Waals surface area contributed by atoms with Crippen molar-refractivity contribution >= 4 is 23.3 Å². The highest BCUT2D eigenvalue weighted by molar-refractivity contribution is 6.30. The molecule has 0 aromatic heterocycles. The van der Waals surface area contributed by atoms with Gasteiger partial charge in [-0.05, 0) is 36.2 Å². The molecule has 4 nitrogen and oxygen atoms in total. The van der Waals surface area contributed by atoms with Gasteiger partial charge in [-0.25, -0.2) is 13.6 Å².